The SMILES string of the molecule is COc1ccc(Cl)cc1CSCc1nc(-c2cccs2)no1. The summed E-state index contributed by atoms with van der Waals surface area (Å²) in [5, 5.41) is 6.69. The number of ether oxygens (including phenoxy) is 1. The van der Waals surface area contributed by atoms with Crippen LogP contribution in [0.5, 0.6) is 5.75 Å². The Morgan fingerprint density at radius 3 is 3.00 bits per heavy atom. The van der Waals surface area contributed by atoms with E-state index in [4.69, 9.17) is 20.9 Å². The molecule has 0 atom stereocenters. The van der Waals surface area contributed by atoms with Crippen LogP contribution in [-0.4, -0.2) is 17.3 Å². The maximum Gasteiger partial charge on any atom is 0.236 e. The molecule has 0 aliphatic rings. The lowest BCUT2D eigenvalue weighted by Crippen LogP contribution is -1.91. The summed E-state index contributed by atoms with van der Waals surface area (Å²) in [6, 6.07) is 9.55. The second kappa shape index (κ2) is 7.17. The largest absolute Gasteiger partial charge is 0.496 e. The van der Waals surface area contributed by atoms with Crippen molar-refractivity contribution in [1.29, 1.82) is 0 Å². The number of aromatic nitrogens is 2. The summed E-state index contributed by atoms with van der Waals surface area (Å²) < 4.78 is 10.6. The quantitative estimate of drug-likeness (QED) is 0.631. The highest BCUT2D eigenvalue weighted by molar-refractivity contribution is 7.97. The first-order valence-electron chi connectivity index (χ1n) is 6.53. The fourth-order valence-electron chi connectivity index (χ4n) is 1.93. The first-order chi connectivity index (χ1) is 10.8. The zero-order valence-electron chi connectivity index (χ0n) is 11.8. The minimum Gasteiger partial charge on any atom is -0.496 e. The lowest BCUT2D eigenvalue weighted by atomic mass is 10.2. The van der Waals surface area contributed by atoms with Gasteiger partial charge in [-0.1, -0.05) is 22.8 Å². The Morgan fingerprint density at radius 1 is 1.32 bits per heavy atom. The lowest BCUT2D eigenvalue weighted by molar-refractivity contribution is 0.391. The van der Waals surface area contributed by atoms with E-state index < -0.39 is 0 Å². The van der Waals surface area contributed by atoms with Gasteiger partial charge in [0.1, 0.15) is 5.75 Å². The predicted molar refractivity (Wildman–Crippen MR) is 90.6 cm³/mol. The molecule has 0 bridgehead atoms. The monoisotopic (exact) mass is 352 g/mol. The number of thiophene rings is 1. The van der Waals surface area contributed by atoms with Gasteiger partial charge in [-0.2, -0.15) is 4.98 Å². The van der Waals surface area contributed by atoms with Crippen LogP contribution in [0.1, 0.15) is 11.5 Å². The van der Waals surface area contributed by atoms with Crippen molar-refractivity contribution in [2.45, 2.75) is 11.5 Å². The van der Waals surface area contributed by atoms with Crippen LogP contribution in [0.3, 0.4) is 0 Å². The Balaban J connectivity index is 1.61. The Morgan fingerprint density at radius 2 is 2.23 bits per heavy atom. The third kappa shape index (κ3) is 3.63. The third-order valence-electron chi connectivity index (χ3n) is 2.94. The Kier molecular flexibility index (Phi) is 5.02. The zero-order chi connectivity index (χ0) is 15.4. The van der Waals surface area contributed by atoms with Gasteiger partial charge >= 0.3 is 0 Å². The van der Waals surface area contributed by atoms with Crippen molar-refractivity contribution in [2.24, 2.45) is 0 Å². The van der Waals surface area contributed by atoms with Gasteiger partial charge < -0.3 is 9.26 Å². The van der Waals surface area contributed by atoms with Gasteiger partial charge in [-0.05, 0) is 29.6 Å². The molecule has 0 fully saturated rings. The molecule has 0 N–H and O–H groups in total. The van der Waals surface area contributed by atoms with Gasteiger partial charge in [-0.15, -0.1) is 23.1 Å². The van der Waals surface area contributed by atoms with Gasteiger partial charge in [0.2, 0.25) is 11.7 Å². The lowest BCUT2D eigenvalue weighted by Gasteiger charge is -2.07. The van der Waals surface area contributed by atoms with Crippen molar-refractivity contribution in [3.63, 3.8) is 0 Å². The molecule has 22 heavy (non-hydrogen) atoms. The topological polar surface area (TPSA) is 48.2 Å². The zero-order valence-corrected chi connectivity index (χ0v) is 14.2. The molecule has 3 rings (SSSR count). The highest BCUT2D eigenvalue weighted by Gasteiger charge is 2.10. The minimum atomic E-state index is 0.620. The molecule has 1 aromatic carbocycles. The van der Waals surface area contributed by atoms with Crippen LogP contribution in [0.15, 0.2) is 40.2 Å². The molecule has 0 aliphatic carbocycles. The van der Waals surface area contributed by atoms with Crippen molar-refractivity contribution in [2.75, 3.05) is 7.11 Å². The Labute approximate surface area is 141 Å². The van der Waals surface area contributed by atoms with E-state index in [1.165, 1.54) is 0 Å². The van der Waals surface area contributed by atoms with Gasteiger partial charge in [0, 0.05) is 16.3 Å². The normalized spacial score (nSPS) is 10.8. The maximum atomic E-state index is 6.03. The molecule has 0 saturated carbocycles. The van der Waals surface area contributed by atoms with Gasteiger partial charge in [-0.25, -0.2) is 0 Å². The number of nitrogens with zero attached hydrogens (tertiary/aromatic N) is 2. The van der Waals surface area contributed by atoms with Crippen LogP contribution < -0.4 is 4.74 Å². The van der Waals surface area contributed by atoms with Crippen molar-refractivity contribution in [3.05, 3.63) is 52.2 Å². The minimum absolute atomic E-state index is 0.620. The molecule has 3 aromatic rings. The van der Waals surface area contributed by atoms with Crippen LogP contribution in [0, 0.1) is 0 Å². The molecule has 2 aromatic heterocycles. The third-order valence-corrected chi connectivity index (χ3v) is 5.00. The van der Waals surface area contributed by atoms with Crippen molar-refractivity contribution in [1.82, 2.24) is 10.1 Å². The number of thioether (sulfide) groups is 1. The van der Waals surface area contributed by atoms with Crippen LogP contribution in [0.2, 0.25) is 5.02 Å². The highest BCUT2D eigenvalue weighted by Crippen LogP contribution is 2.28. The van der Waals surface area contributed by atoms with E-state index in [2.05, 4.69) is 10.1 Å². The molecule has 7 heteroatoms. The molecule has 0 aliphatic heterocycles. The molecule has 2 heterocycles. The number of hydrogen-bond acceptors (Lipinski definition) is 6. The Bertz CT molecular complexity index is 744. The second-order valence-corrected chi connectivity index (χ2v) is 6.81. The number of benzene rings is 1. The molecule has 4 nitrogen and oxygen atoms in total. The smallest absolute Gasteiger partial charge is 0.236 e. The number of rotatable bonds is 6. The summed E-state index contributed by atoms with van der Waals surface area (Å²) in [7, 11) is 1.66. The summed E-state index contributed by atoms with van der Waals surface area (Å²) in [6.07, 6.45) is 0. The molecule has 0 unspecified atom stereocenters. The fourth-order valence-corrected chi connectivity index (χ4v) is 3.61. The van der Waals surface area contributed by atoms with Crippen molar-refractivity contribution < 1.29 is 9.26 Å². The van der Waals surface area contributed by atoms with Gasteiger partial charge in [0.15, 0.2) is 0 Å². The molecule has 0 spiro atoms. The van der Waals surface area contributed by atoms with E-state index in [9.17, 15) is 0 Å². The maximum absolute atomic E-state index is 6.03. The first-order valence-corrected chi connectivity index (χ1v) is 8.94. The standard InChI is InChI=1S/C15H13ClN2O2S2/c1-19-12-5-4-11(16)7-10(12)8-21-9-14-17-15(18-20-14)13-3-2-6-22-13/h2-7H,8-9H2,1H3. The summed E-state index contributed by atoms with van der Waals surface area (Å²) >= 11 is 9.30. The molecule has 114 valence electrons. The second-order valence-electron chi connectivity index (χ2n) is 4.44. The molecule has 0 amide bonds. The van der Waals surface area contributed by atoms with Gasteiger partial charge in [0.05, 0.1) is 17.7 Å². The molecular formula is C15H13ClN2O2S2. The van der Waals surface area contributed by atoms with Crippen LogP contribution in [-0.2, 0) is 11.5 Å². The van der Waals surface area contributed by atoms with E-state index in [0.717, 1.165) is 21.9 Å². The average molecular weight is 353 g/mol. The average Bonchev–Trinajstić information content (AvgIpc) is 3.18. The first kappa shape index (κ1) is 15.4. The highest BCUT2D eigenvalue weighted by atomic mass is 35.5. The fraction of sp³-hybridized carbons (Fsp3) is 0.200. The van der Waals surface area contributed by atoms with Crippen LogP contribution in [0.4, 0.5) is 0 Å². The summed E-state index contributed by atoms with van der Waals surface area (Å²) in [6.45, 7) is 0. The van der Waals surface area contributed by atoms with E-state index in [1.807, 2.05) is 35.7 Å². The van der Waals surface area contributed by atoms with Crippen LogP contribution in [0.25, 0.3) is 10.7 Å². The van der Waals surface area contributed by atoms with Gasteiger partial charge in [-0.3, -0.25) is 0 Å². The number of methoxy groups -OCH3 is 1. The number of hydrogen-bond donors (Lipinski definition) is 0. The van der Waals surface area contributed by atoms with E-state index in [1.54, 1.807) is 30.2 Å². The summed E-state index contributed by atoms with van der Waals surface area (Å²) in [5.74, 6) is 3.51. The number of halogens is 1. The summed E-state index contributed by atoms with van der Waals surface area (Å²) in [4.78, 5) is 5.41. The Hall–Kier alpha value is -1.50. The van der Waals surface area contributed by atoms with Gasteiger partial charge in [0.25, 0.3) is 0 Å². The van der Waals surface area contributed by atoms with E-state index in [-0.39, 0.29) is 0 Å². The van der Waals surface area contributed by atoms with Crippen molar-refractivity contribution in [3.8, 4) is 16.5 Å². The molecule has 0 radical (unpaired) electrons. The molecular weight excluding hydrogens is 340 g/mol. The van der Waals surface area contributed by atoms with E-state index >= 15 is 0 Å². The van der Waals surface area contributed by atoms with E-state index in [0.29, 0.717) is 22.5 Å². The molecule has 0 saturated heterocycles. The summed E-state index contributed by atoms with van der Waals surface area (Å²) in [5.41, 5.74) is 1.05. The van der Waals surface area contributed by atoms with Crippen LogP contribution >= 0.6 is 34.7 Å². The van der Waals surface area contributed by atoms with Crippen molar-refractivity contribution >= 4 is 34.7 Å². The predicted octanol–water partition coefficient (Wildman–Crippen LogP) is 4.89.